The summed E-state index contributed by atoms with van der Waals surface area (Å²) in [6.07, 6.45) is 3.45. The molecule has 26 heavy (non-hydrogen) atoms. The molecule has 0 aliphatic heterocycles. The topological polar surface area (TPSA) is 69.7 Å². The summed E-state index contributed by atoms with van der Waals surface area (Å²) >= 11 is 0. The van der Waals surface area contributed by atoms with Crippen LogP contribution >= 0.6 is 0 Å². The molecule has 0 spiro atoms. The monoisotopic (exact) mass is 337 g/mol. The molecule has 1 aromatic heterocycles. The Morgan fingerprint density at radius 2 is 1.88 bits per heavy atom. The van der Waals surface area contributed by atoms with Crippen LogP contribution in [0.15, 0.2) is 72.9 Å². The third-order valence-corrected chi connectivity index (χ3v) is 3.69. The Morgan fingerprint density at radius 3 is 2.65 bits per heavy atom. The Morgan fingerprint density at radius 1 is 1.00 bits per heavy atom. The van der Waals surface area contributed by atoms with E-state index in [1.165, 1.54) is 0 Å². The van der Waals surface area contributed by atoms with Gasteiger partial charge in [0.2, 0.25) is 0 Å². The molecule has 4 heteroatoms. The van der Waals surface area contributed by atoms with Gasteiger partial charge in [-0.2, -0.15) is 10.5 Å². The van der Waals surface area contributed by atoms with E-state index in [0.29, 0.717) is 29.2 Å². The largest absolute Gasteiger partial charge is 0.489 e. The van der Waals surface area contributed by atoms with Crippen molar-refractivity contribution in [1.82, 2.24) is 4.98 Å². The number of nitriles is 2. The van der Waals surface area contributed by atoms with E-state index < -0.39 is 0 Å². The predicted molar refractivity (Wildman–Crippen MR) is 99.7 cm³/mol. The van der Waals surface area contributed by atoms with Crippen molar-refractivity contribution in [2.75, 3.05) is 0 Å². The van der Waals surface area contributed by atoms with Crippen LogP contribution < -0.4 is 4.74 Å². The molecule has 1 heterocycles. The molecule has 0 saturated carbocycles. The lowest BCUT2D eigenvalue weighted by Gasteiger charge is -2.07. The fraction of sp³-hybridized carbons (Fsp3) is 0.0455. The minimum absolute atomic E-state index is 0.369. The number of rotatable bonds is 5. The van der Waals surface area contributed by atoms with Crippen LogP contribution in [0.4, 0.5) is 0 Å². The molecule has 0 radical (unpaired) electrons. The number of benzene rings is 2. The van der Waals surface area contributed by atoms with Crippen molar-refractivity contribution in [2.24, 2.45) is 0 Å². The van der Waals surface area contributed by atoms with Crippen LogP contribution in [0, 0.1) is 22.7 Å². The van der Waals surface area contributed by atoms with Gasteiger partial charge in [0.1, 0.15) is 18.4 Å². The Balaban J connectivity index is 1.77. The van der Waals surface area contributed by atoms with Crippen molar-refractivity contribution < 1.29 is 4.74 Å². The Bertz CT molecular complexity index is 1010. The van der Waals surface area contributed by atoms with E-state index in [2.05, 4.69) is 17.1 Å². The molecule has 3 rings (SSSR count). The van der Waals surface area contributed by atoms with Gasteiger partial charge in [0, 0.05) is 6.20 Å². The van der Waals surface area contributed by atoms with E-state index in [1.54, 1.807) is 30.5 Å². The number of pyridine rings is 1. The Kier molecular flexibility index (Phi) is 5.40. The summed E-state index contributed by atoms with van der Waals surface area (Å²) in [5, 5.41) is 18.4. The highest BCUT2D eigenvalue weighted by Crippen LogP contribution is 2.20. The normalized spacial score (nSPS) is 10.6. The molecule has 0 aliphatic rings. The number of hydrogen-bond donors (Lipinski definition) is 0. The van der Waals surface area contributed by atoms with Gasteiger partial charge in [0.25, 0.3) is 0 Å². The average molecular weight is 337 g/mol. The van der Waals surface area contributed by atoms with Gasteiger partial charge in [-0.05, 0) is 53.6 Å². The van der Waals surface area contributed by atoms with Gasteiger partial charge in [-0.1, -0.05) is 30.3 Å². The maximum absolute atomic E-state index is 9.40. The second kappa shape index (κ2) is 8.28. The van der Waals surface area contributed by atoms with Crippen molar-refractivity contribution in [1.29, 1.82) is 10.5 Å². The molecular formula is C22H15N3O. The van der Waals surface area contributed by atoms with Crippen molar-refractivity contribution in [3.63, 3.8) is 0 Å². The zero-order valence-corrected chi connectivity index (χ0v) is 14.0. The standard InChI is InChI=1S/C22H15N3O/c23-14-18-6-3-7-19(11-18)16-26-21-8-4-5-17(13-21)12-20(15-24)22-9-1-2-10-25-22/h1-13H,16H2/b20-12-. The molecule has 4 nitrogen and oxygen atoms in total. The van der Waals surface area contributed by atoms with Gasteiger partial charge in [0.05, 0.1) is 22.9 Å². The third-order valence-electron chi connectivity index (χ3n) is 3.69. The van der Waals surface area contributed by atoms with Crippen molar-refractivity contribution >= 4 is 11.6 Å². The van der Waals surface area contributed by atoms with E-state index in [-0.39, 0.29) is 0 Å². The Hall–Kier alpha value is -3.89. The van der Waals surface area contributed by atoms with E-state index in [4.69, 9.17) is 10.00 Å². The molecule has 124 valence electrons. The summed E-state index contributed by atoms with van der Waals surface area (Å²) < 4.78 is 5.82. The summed E-state index contributed by atoms with van der Waals surface area (Å²) in [6.45, 7) is 0.369. The highest BCUT2D eigenvalue weighted by atomic mass is 16.5. The number of allylic oxidation sites excluding steroid dienone is 1. The molecule has 0 aliphatic carbocycles. The summed E-state index contributed by atoms with van der Waals surface area (Å²) in [4.78, 5) is 4.21. The summed E-state index contributed by atoms with van der Waals surface area (Å²) in [6, 6.07) is 24.6. The molecule has 0 unspecified atom stereocenters. The van der Waals surface area contributed by atoms with Crippen LogP contribution in [0.25, 0.3) is 11.6 Å². The fourth-order valence-corrected chi connectivity index (χ4v) is 2.44. The van der Waals surface area contributed by atoms with Crippen LogP contribution in [0.1, 0.15) is 22.4 Å². The van der Waals surface area contributed by atoms with Crippen LogP contribution in [0.3, 0.4) is 0 Å². The summed E-state index contributed by atoms with van der Waals surface area (Å²) in [5.74, 6) is 0.694. The van der Waals surface area contributed by atoms with Crippen molar-refractivity contribution in [3.8, 4) is 17.9 Å². The minimum Gasteiger partial charge on any atom is -0.489 e. The molecule has 0 fully saturated rings. The molecule has 3 aromatic rings. The Labute approximate surface area is 152 Å². The maximum Gasteiger partial charge on any atom is 0.120 e. The molecule has 0 bridgehead atoms. The fourth-order valence-electron chi connectivity index (χ4n) is 2.44. The highest BCUT2D eigenvalue weighted by molar-refractivity contribution is 5.88. The van der Waals surface area contributed by atoms with Crippen LogP contribution in [0.2, 0.25) is 0 Å². The summed E-state index contributed by atoms with van der Waals surface area (Å²) in [5.41, 5.74) is 3.52. The molecule has 2 aromatic carbocycles. The van der Waals surface area contributed by atoms with E-state index in [9.17, 15) is 5.26 Å². The number of aromatic nitrogens is 1. The van der Waals surface area contributed by atoms with Gasteiger partial charge in [0.15, 0.2) is 0 Å². The third kappa shape index (κ3) is 4.35. The highest BCUT2D eigenvalue weighted by Gasteiger charge is 2.03. The van der Waals surface area contributed by atoms with Crippen LogP contribution in [-0.2, 0) is 6.61 Å². The predicted octanol–water partition coefficient (Wildman–Crippen LogP) is 4.60. The van der Waals surface area contributed by atoms with Gasteiger partial charge >= 0.3 is 0 Å². The zero-order valence-electron chi connectivity index (χ0n) is 14.0. The number of ether oxygens (including phenoxy) is 1. The second-order valence-electron chi connectivity index (χ2n) is 5.56. The van der Waals surface area contributed by atoms with E-state index >= 15 is 0 Å². The van der Waals surface area contributed by atoms with Crippen molar-refractivity contribution in [2.45, 2.75) is 6.61 Å². The maximum atomic E-state index is 9.40. The van der Waals surface area contributed by atoms with Crippen LogP contribution in [0.5, 0.6) is 5.75 Å². The van der Waals surface area contributed by atoms with Gasteiger partial charge in [-0.15, -0.1) is 0 Å². The lowest BCUT2D eigenvalue weighted by Crippen LogP contribution is -1.96. The van der Waals surface area contributed by atoms with E-state index in [0.717, 1.165) is 11.1 Å². The zero-order chi connectivity index (χ0) is 18.2. The summed E-state index contributed by atoms with van der Waals surface area (Å²) in [7, 11) is 0. The van der Waals surface area contributed by atoms with Crippen LogP contribution in [-0.4, -0.2) is 4.98 Å². The number of hydrogen-bond acceptors (Lipinski definition) is 4. The van der Waals surface area contributed by atoms with Crippen molar-refractivity contribution in [3.05, 3.63) is 95.3 Å². The molecule has 0 N–H and O–H groups in total. The first-order valence-electron chi connectivity index (χ1n) is 8.03. The van der Waals surface area contributed by atoms with Gasteiger partial charge in [-0.25, -0.2) is 0 Å². The quantitative estimate of drug-likeness (QED) is 0.638. The molecule has 0 atom stereocenters. The lowest BCUT2D eigenvalue weighted by molar-refractivity contribution is 0.306. The first kappa shape index (κ1) is 17.0. The van der Waals surface area contributed by atoms with Gasteiger partial charge in [-0.3, -0.25) is 4.98 Å². The lowest BCUT2D eigenvalue weighted by atomic mass is 10.1. The minimum atomic E-state index is 0.369. The number of nitrogens with zero attached hydrogens (tertiary/aromatic N) is 3. The smallest absolute Gasteiger partial charge is 0.120 e. The molecular weight excluding hydrogens is 322 g/mol. The molecule has 0 amide bonds. The first-order valence-corrected chi connectivity index (χ1v) is 8.03. The van der Waals surface area contributed by atoms with Gasteiger partial charge < -0.3 is 4.74 Å². The first-order chi connectivity index (χ1) is 12.8. The second-order valence-corrected chi connectivity index (χ2v) is 5.56. The SMILES string of the molecule is N#C/C(=C/c1cccc(OCc2cccc(C#N)c2)c1)c1ccccn1. The van der Waals surface area contributed by atoms with E-state index in [1.807, 2.05) is 48.5 Å². The average Bonchev–Trinajstić information content (AvgIpc) is 2.71. The molecule has 0 saturated heterocycles.